The number of aryl methyl sites for hydroxylation is 1. The Bertz CT molecular complexity index is 1450. The summed E-state index contributed by atoms with van der Waals surface area (Å²) < 4.78 is 36.0. The minimum Gasteiger partial charge on any atom is -0.491 e. The van der Waals surface area contributed by atoms with Crippen molar-refractivity contribution in [2.24, 2.45) is 0 Å². The number of rotatable bonds is 5. The maximum atomic E-state index is 14.0. The fraction of sp³-hybridized carbons (Fsp3) is 0.0909. The van der Waals surface area contributed by atoms with Crippen LogP contribution in [0, 0.1) is 18.6 Å². The number of halogens is 3. The second kappa shape index (κ2) is 8.68. The predicted octanol–water partition coefficient (Wildman–Crippen LogP) is 5.25. The van der Waals surface area contributed by atoms with Crippen molar-refractivity contribution in [1.82, 2.24) is 9.97 Å². The molecule has 0 atom stereocenters. The summed E-state index contributed by atoms with van der Waals surface area (Å²) in [6, 6.07) is 10.9. The van der Waals surface area contributed by atoms with Crippen molar-refractivity contribution in [3.63, 3.8) is 0 Å². The van der Waals surface area contributed by atoms with Gasteiger partial charge in [0, 0.05) is 16.1 Å². The van der Waals surface area contributed by atoms with Gasteiger partial charge in [0.2, 0.25) is 0 Å². The first-order valence-electron chi connectivity index (χ1n) is 9.29. The van der Waals surface area contributed by atoms with Crippen molar-refractivity contribution in [2.75, 3.05) is 11.8 Å². The number of anilines is 1. The van der Waals surface area contributed by atoms with Gasteiger partial charge in [0.05, 0.1) is 23.2 Å². The predicted molar refractivity (Wildman–Crippen MR) is 123 cm³/mol. The van der Waals surface area contributed by atoms with Gasteiger partial charge in [0.1, 0.15) is 0 Å². The Hall–Kier alpha value is -3.30. The number of methoxy groups -OCH3 is 1. The number of H-pyrrole nitrogens is 2. The van der Waals surface area contributed by atoms with E-state index in [2.05, 4.69) is 14.7 Å². The fourth-order valence-corrected chi connectivity index (χ4v) is 4.24. The minimum atomic E-state index is -0.817. The molecule has 0 saturated carbocycles. The van der Waals surface area contributed by atoms with Gasteiger partial charge in [-0.3, -0.25) is 9.59 Å². The summed E-state index contributed by atoms with van der Waals surface area (Å²) in [6.45, 7) is 1.87. The molecule has 0 spiro atoms. The first-order valence-corrected chi connectivity index (χ1v) is 10.5. The standard InChI is InChI=1S/C22H16ClF2N3O3S/c1-10-5-17-18(27-22(30)21(29)26-17)9-19(10)32-28-12-3-4-13(14(23)8-12)11-6-15(24)20(31-2)16(25)7-11/h3-9,28H,1-2H3,(H,26,29)(H,27,30). The van der Waals surface area contributed by atoms with Gasteiger partial charge < -0.3 is 19.4 Å². The Labute approximate surface area is 189 Å². The Kier molecular flexibility index (Phi) is 5.94. The smallest absolute Gasteiger partial charge is 0.314 e. The van der Waals surface area contributed by atoms with Gasteiger partial charge in [-0.1, -0.05) is 17.7 Å². The highest BCUT2D eigenvalue weighted by Gasteiger charge is 2.14. The quantitative estimate of drug-likeness (QED) is 0.271. The van der Waals surface area contributed by atoms with E-state index >= 15 is 0 Å². The first kappa shape index (κ1) is 21.9. The van der Waals surface area contributed by atoms with Crippen LogP contribution in [-0.2, 0) is 0 Å². The molecule has 0 aliphatic heterocycles. The van der Waals surface area contributed by atoms with Crippen LogP contribution in [0.4, 0.5) is 14.5 Å². The highest BCUT2D eigenvalue weighted by atomic mass is 35.5. The maximum Gasteiger partial charge on any atom is 0.314 e. The third-order valence-electron chi connectivity index (χ3n) is 4.78. The summed E-state index contributed by atoms with van der Waals surface area (Å²) in [7, 11) is 1.19. The Morgan fingerprint density at radius 2 is 1.59 bits per heavy atom. The van der Waals surface area contributed by atoms with E-state index in [1.165, 1.54) is 19.1 Å². The molecular weight excluding hydrogens is 460 g/mol. The summed E-state index contributed by atoms with van der Waals surface area (Å²) in [4.78, 5) is 29.0. The van der Waals surface area contributed by atoms with E-state index in [4.69, 9.17) is 16.3 Å². The molecule has 3 aromatic carbocycles. The van der Waals surface area contributed by atoms with E-state index < -0.39 is 28.5 Å². The van der Waals surface area contributed by atoms with Crippen molar-refractivity contribution in [3.8, 4) is 16.9 Å². The lowest BCUT2D eigenvalue weighted by Crippen LogP contribution is -2.28. The Morgan fingerprint density at radius 1 is 0.969 bits per heavy atom. The monoisotopic (exact) mass is 475 g/mol. The van der Waals surface area contributed by atoms with Crippen LogP contribution in [0.3, 0.4) is 0 Å². The largest absolute Gasteiger partial charge is 0.491 e. The molecule has 1 aromatic heterocycles. The SMILES string of the molecule is COc1c(F)cc(-c2ccc(NSc3cc4[nH]c(=O)c(=O)[nH]c4cc3C)cc2Cl)cc1F. The van der Waals surface area contributed by atoms with Crippen LogP contribution in [-0.4, -0.2) is 17.1 Å². The van der Waals surface area contributed by atoms with Crippen LogP contribution >= 0.6 is 23.5 Å². The first-order chi connectivity index (χ1) is 15.3. The van der Waals surface area contributed by atoms with E-state index in [0.29, 0.717) is 27.3 Å². The second-order valence-electron chi connectivity index (χ2n) is 6.94. The van der Waals surface area contributed by atoms with E-state index in [0.717, 1.165) is 22.6 Å². The molecule has 0 amide bonds. The number of fused-ring (bicyclic) bond motifs is 1. The summed E-state index contributed by atoms with van der Waals surface area (Å²) >= 11 is 7.65. The van der Waals surface area contributed by atoms with Gasteiger partial charge in [-0.15, -0.1) is 0 Å². The van der Waals surface area contributed by atoms with E-state index in [-0.39, 0.29) is 5.56 Å². The summed E-state index contributed by atoms with van der Waals surface area (Å²) in [5, 5.41) is 0.303. The van der Waals surface area contributed by atoms with Crippen LogP contribution in [0.15, 0.2) is 56.9 Å². The molecule has 10 heteroatoms. The number of ether oxygens (including phenoxy) is 1. The van der Waals surface area contributed by atoms with Crippen LogP contribution in [0.2, 0.25) is 5.02 Å². The van der Waals surface area contributed by atoms with Gasteiger partial charge in [-0.25, -0.2) is 8.78 Å². The number of benzene rings is 3. The average molecular weight is 476 g/mol. The Morgan fingerprint density at radius 3 is 2.19 bits per heavy atom. The zero-order valence-corrected chi connectivity index (χ0v) is 18.4. The van der Waals surface area contributed by atoms with Crippen LogP contribution in [0.25, 0.3) is 22.2 Å². The molecule has 0 fully saturated rings. The highest BCUT2D eigenvalue weighted by Crippen LogP contribution is 2.35. The van der Waals surface area contributed by atoms with Gasteiger partial charge >= 0.3 is 11.1 Å². The lowest BCUT2D eigenvalue weighted by Gasteiger charge is -2.12. The molecule has 0 radical (unpaired) electrons. The third-order valence-corrected chi connectivity index (χ3v) is 6.09. The third kappa shape index (κ3) is 4.21. The normalized spacial score (nSPS) is 11.0. The van der Waals surface area contributed by atoms with Gasteiger partial charge in [-0.2, -0.15) is 0 Å². The number of hydrogen-bond donors (Lipinski definition) is 3. The lowest BCUT2D eigenvalue weighted by molar-refractivity contribution is 0.360. The van der Waals surface area contributed by atoms with E-state index in [1.807, 2.05) is 6.92 Å². The number of nitrogens with one attached hydrogen (secondary N) is 3. The molecule has 0 saturated heterocycles. The Balaban J connectivity index is 1.58. The number of aromatic amines is 2. The molecule has 0 bridgehead atoms. The van der Waals surface area contributed by atoms with Crippen molar-refractivity contribution < 1.29 is 13.5 Å². The van der Waals surface area contributed by atoms with Crippen molar-refractivity contribution in [1.29, 1.82) is 0 Å². The van der Waals surface area contributed by atoms with Gasteiger partial charge in [0.15, 0.2) is 17.4 Å². The molecule has 32 heavy (non-hydrogen) atoms. The molecule has 1 heterocycles. The van der Waals surface area contributed by atoms with Crippen molar-refractivity contribution in [3.05, 3.63) is 85.4 Å². The molecule has 0 aliphatic carbocycles. The fourth-order valence-electron chi connectivity index (χ4n) is 3.20. The van der Waals surface area contributed by atoms with Crippen molar-refractivity contribution >= 4 is 40.3 Å². The van der Waals surface area contributed by atoms with Gasteiger partial charge in [0.25, 0.3) is 0 Å². The molecule has 164 valence electrons. The van der Waals surface area contributed by atoms with Gasteiger partial charge in [-0.05, 0) is 66.4 Å². The minimum absolute atomic E-state index is 0.285. The molecular formula is C22H16ClF2N3O3S. The molecule has 0 unspecified atom stereocenters. The van der Waals surface area contributed by atoms with Crippen molar-refractivity contribution in [2.45, 2.75) is 11.8 Å². The summed E-state index contributed by atoms with van der Waals surface area (Å²) in [5.41, 5.74) is 1.89. The van der Waals surface area contributed by atoms with Crippen LogP contribution in [0.1, 0.15) is 5.56 Å². The maximum absolute atomic E-state index is 14.0. The molecule has 4 rings (SSSR count). The summed E-state index contributed by atoms with van der Waals surface area (Å²) in [6.07, 6.45) is 0. The highest BCUT2D eigenvalue weighted by molar-refractivity contribution is 8.00. The molecule has 4 aromatic rings. The van der Waals surface area contributed by atoms with E-state index in [9.17, 15) is 18.4 Å². The van der Waals surface area contributed by atoms with Crippen LogP contribution < -0.4 is 20.6 Å². The molecule has 6 nitrogen and oxygen atoms in total. The van der Waals surface area contributed by atoms with E-state index in [1.54, 1.807) is 30.3 Å². The zero-order valence-electron chi connectivity index (χ0n) is 16.8. The zero-order chi connectivity index (χ0) is 23.0. The second-order valence-corrected chi connectivity index (χ2v) is 8.20. The number of hydrogen-bond acceptors (Lipinski definition) is 5. The lowest BCUT2D eigenvalue weighted by atomic mass is 10.0. The molecule has 3 N–H and O–H groups in total. The number of aromatic nitrogens is 2. The molecule has 0 aliphatic rings. The van der Waals surface area contributed by atoms with Crippen LogP contribution in [0.5, 0.6) is 5.75 Å². The summed E-state index contributed by atoms with van der Waals surface area (Å²) in [5.74, 6) is -2.08. The topological polar surface area (TPSA) is 87.0 Å². The average Bonchev–Trinajstić information content (AvgIpc) is 2.73.